The average molecular weight is 305 g/mol. The van der Waals surface area contributed by atoms with Gasteiger partial charge < -0.3 is 23.7 Å². The van der Waals surface area contributed by atoms with E-state index in [0.717, 1.165) is 0 Å². The molecule has 0 bridgehead atoms. The maximum absolute atomic E-state index is 5.44. The molecule has 0 spiro atoms. The van der Waals surface area contributed by atoms with E-state index >= 15 is 0 Å². The molecule has 0 saturated heterocycles. The van der Waals surface area contributed by atoms with E-state index in [-0.39, 0.29) is 6.79 Å². The molecule has 0 rings (SSSR count). The molecular weight excluding hydrogens is 283 g/mol. The van der Waals surface area contributed by atoms with E-state index in [2.05, 4.69) is 0 Å². The number of halogens is 2. The van der Waals surface area contributed by atoms with Crippen molar-refractivity contribution in [1.82, 2.24) is 0 Å². The Hall–Kier alpha value is 0.380. The van der Waals surface area contributed by atoms with Gasteiger partial charge in [-0.1, -0.05) is 0 Å². The number of rotatable bonds is 15. The molecule has 0 atom stereocenters. The topological polar surface area (TPSA) is 46.2 Å². The van der Waals surface area contributed by atoms with Crippen molar-refractivity contribution in [2.24, 2.45) is 0 Å². The van der Waals surface area contributed by atoms with Crippen LogP contribution < -0.4 is 0 Å². The molecule has 0 aliphatic carbocycles. The van der Waals surface area contributed by atoms with Crippen LogP contribution in [0.4, 0.5) is 0 Å². The highest BCUT2D eigenvalue weighted by molar-refractivity contribution is 6.18. The summed E-state index contributed by atoms with van der Waals surface area (Å²) in [5, 5.41) is 0. The molecule has 5 nitrogen and oxygen atoms in total. The first-order valence-electron chi connectivity index (χ1n) is 5.92. The molecule has 0 aliphatic rings. The minimum atomic E-state index is 0.254. The fourth-order valence-corrected chi connectivity index (χ4v) is 1.16. The van der Waals surface area contributed by atoms with Crippen molar-refractivity contribution in [3.8, 4) is 0 Å². The van der Waals surface area contributed by atoms with Gasteiger partial charge in [-0.2, -0.15) is 0 Å². The van der Waals surface area contributed by atoms with Crippen LogP contribution in [0.15, 0.2) is 0 Å². The number of hydrogen-bond donors (Lipinski definition) is 0. The molecule has 0 unspecified atom stereocenters. The molecule has 0 aromatic carbocycles. The van der Waals surface area contributed by atoms with Gasteiger partial charge in [0, 0.05) is 11.8 Å². The van der Waals surface area contributed by atoms with Crippen LogP contribution in [-0.2, 0) is 23.7 Å². The van der Waals surface area contributed by atoms with Crippen molar-refractivity contribution in [2.45, 2.75) is 0 Å². The summed E-state index contributed by atoms with van der Waals surface area (Å²) in [6.07, 6.45) is 0. The normalized spacial score (nSPS) is 11.0. The van der Waals surface area contributed by atoms with Crippen LogP contribution in [-0.4, -0.2) is 71.4 Å². The summed E-state index contributed by atoms with van der Waals surface area (Å²) >= 11 is 10.9. The Bertz CT molecular complexity index is 135. The smallest absolute Gasteiger partial charge is 0.146 e. The van der Waals surface area contributed by atoms with E-state index in [1.165, 1.54) is 0 Å². The van der Waals surface area contributed by atoms with Gasteiger partial charge in [0.2, 0.25) is 0 Å². The van der Waals surface area contributed by atoms with Crippen LogP contribution in [0.2, 0.25) is 0 Å². The van der Waals surface area contributed by atoms with E-state index in [9.17, 15) is 0 Å². The first-order chi connectivity index (χ1) is 8.91. The second-order valence-electron chi connectivity index (χ2n) is 3.15. The fourth-order valence-electron chi connectivity index (χ4n) is 0.946. The SMILES string of the molecule is ClCCOCCOCCOCCOCOCCCl. The first-order valence-corrected chi connectivity index (χ1v) is 6.99. The Morgan fingerprint density at radius 3 is 1.28 bits per heavy atom. The van der Waals surface area contributed by atoms with Crippen LogP contribution in [0.1, 0.15) is 0 Å². The Morgan fingerprint density at radius 2 is 0.778 bits per heavy atom. The number of hydrogen-bond acceptors (Lipinski definition) is 5. The molecular formula is C11H22Cl2O5. The zero-order valence-corrected chi connectivity index (χ0v) is 12.1. The molecule has 0 N–H and O–H groups in total. The molecule has 18 heavy (non-hydrogen) atoms. The summed E-state index contributed by atoms with van der Waals surface area (Å²) in [4.78, 5) is 0. The minimum absolute atomic E-state index is 0.254. The van der Waals surface area contributed by atoms with Gasteiger partial charge in [-0.15, -0.1) is 23.2 Å². The lowest BCUT2D eigenvalue weighted by Crippen LogP contribution is -2.13. The molecule has 0 heterocycles. The van der Waals surface area contributed by atoms with Gasteiger partial charge in [0.05, 0.1) is 52.9 Å². The van der Waals surface area contributed by atoms with Crippen LogP contribution >= 0.6 is 23.2 Å². The second kappa shape index (κ2) is 17.4. The summed E-state index contributed by atoms with van der Waals surface area (Å²) in [5.74, 6) is 0.990. The predicted molar refractivity (Wildman–Crippen MR) is 70.7 cm³/mol. The van der Waals surface area contributed by atoms with Gasteiger partial charge in [0.15, 0.2) is 0 Å². The third kappa shape index (κ3) is 16.4. The zero-order chi connectivity index (χ0) is 13.3. The number of ether oxygens (including phenoxy) is 5. The van der Waals surface area contributed by atoms with E-state index < -0.39 is 0 Å². The van der Waals surface area contributed by atoms with Crippen molar-refractivity contribution < 1.29 is 23.7 Å². The van der Waals surface area contributed by atoms with Crippen molar-refractivity contribution in [3.05, 3.63) is 0 Å². The molecule has 0 aromatic heterocycles. The Morgan fingerprint density at radius 1 is 0.444 bits per heavy atom. The summed E-state index contributed by atoms with van der Waals surface area (Å²) in [6.45, 7) is 4.56. The Labute approximate surface area is 119 Å². The van der Waals surface area contributed by atoms with Crippen LogP contribution in [0.3, 0.4) is 0 Å². The molecule has 110 valence electrons. The van der Waals surface area contributed by atoms with E-state index in [0.29, 0.717) is 64.6 Å². The molecule has 7 heteroatoms. The highest BCUT2D eigenvalue weighted by atomic mass is 35.5. The predicted octanol–water partition coefficient (Wildman–Crippen LogP) is 1.50. The van der Waals surface area contributed by atoms with Gasteiger partial charge >= 0.3 is 0 Å². The summed E-state index contributed by atoms with van der Waals surface area (Å²) in [7, 11) is 0. The lowest BCUT2D eigenvalue weighted by Gasteiger charge is -2.07. The molecule has 0 aromatic rings. The number of alkyl halides is 2. The third-order valence-electron chi connectivity index (χ3n) is 1.73. The highest BCUT2D eigenvalue weighted by Gasteiger charge is 1.92. The van der Waals surface area contributed by atoms with Crippen LogP contribution in [0.5, 0.6) is 0 Å². The van der Waals surface area contributed by atoms with Crippen molar-refractivity contribution in [3.63, 3.8) is 0 Å². The van der Waals surface area contributed by atoms with Crippen molar-refractivity contribution in [2.75, 3.05) is 71.4 Å². The van der Waals surface area contributed by atoms with E-state index in [1.54, 1.807) is 0 Å². The van der Waals surface area contributed by atoms with Crippen LogP contribution in [0.25, 0.3) is 0 Å². The zero-order valence-electron chi connectivity index (χ0n) is 10.6. The lowest BCUT2D eigenvalue weighted by molar-refractivity contribution is -0.0692. The second-order valence-corrected chi connectivity index (χ2v) is 3.91. The average Bonchev–Trinajstić information content (AvgIpc) is 2.39. The summed E-state index contributed by atoms with van der Waals surface area (Å²) in [6, 6.07) is 0. The van der Waals surface area contributed by atoms with Crippen molar-refractivity contribution in [1.29, 1.82) is 0 Å². The molecule has 0 aliphatic heterocycles. The van der Waals surface area contributed by atoms with Gasteiger partial charge in [-0.3, -0.25) is 0 Å². The molecule has 0 radical (unpaired) electrons. The highest BCUT2D eigenvalue weighted by Crippen LogP contribution is 1.85. The largest absolute Gasteiger partial charge is 0.378 e. The Balaban J connectivity index is 2.86. The van der Waals surface area contributed by atoms with E-state index in [1.807, 2.05) is 0 Å². The maximum Gasteiger partial charge on any atom is 0.146 e. The fraction of sp³-hybridized carbons (Fsp3) is 1.00. The molecule has 0 saturated carbocycles. The van der Waals surface area contributed by atoms with Crippen LogP contribution in [0, 0.1) is 0 Å². The summed E-state index contributed by atoms with van der Waals surface area (Å²) < 4.78 is 25.8. The van der Waals surface area contributed by atoms with Gasteiger partial charge in [0.25, 0.3) is 0 Å². The van der Waals surface area contributed by atoms with Crippen molar-refractivity contribution >= 4 is 23.2 Å². The monoisotopic (exact) mass is 304 g/mol. The standard InChI is InChI=1S/C11H22Cl2O5/c12-1-3-14-5-6-15-7-8-16-9-10-18-11-17-4-2-13/h1-11H2. The maximum atomic E-state index is 5.44. The third-order valence-corrected chi connectivity index (χ3v) is 2.03. The van der Waals surface area contributed by atoms with Gasteiger partial charge in [-0.25, -0.2) is 0 Å². The first kappa shape index (κ1) is 18.4. The Kier molecular flexibility index (Phi) is 17.7. The van der Waals surface area contributed by atoms with Gasteiger partial charge in [-0.05, 0) is 0 Å². The molecule has 0 fully saturated rings. The van der Waals surface area contributed by atoms with E-state index in [4.69, 9.17) is 46.9 Å². The summed E-state index contributed by atoms with van der Waals surface area (Å²) in [5.41, 5.74) is 0. The van der Waals surface area contributed by atoms with Gasteiger partial charge in [0.1, 0.15) is 6.79 Å². The minimum Gasteiger partial charge on any atom is -0.378 e. The quantitative estimate of drug-likeness (QED) is 0.261. The lowest BCUT2D eigenvalue weighted by atomic mass is 10.7. The molecule has 0 amide bonds.